The minimum absolute atomic E-state index is 0.0577. The molecule has 1 aromatic carbocycles. The van der Waals surface area contributed by atoms with Gasteiger partial charge in [0.1, 0.15) is 11.9 Å². The summed E-state index contributed by atoms with van der Waals surface area (Å²) < 4.78 is 13.0. The molecule has 0 saturated carbocycles. The van der Waals surface area contributed by atoms with Crippen LogP contribution in [-0.4, -0.2) is 39.5 Å². The molecular formula is C20H18FNO4. The molecule has 0 fully saturated rings. The van der Waals surface area contributed by atoms with Crippen LogP contribution in [-0.2, 0) is 16.0 Å². The lowest BCUT2D eigenvalue weighted by molar-refractivity contribution is -0.132. The molecule has 1 aliphatic heterocycles. The van der Waals surface area contributed by atoms with Crippen molar-refractivity contribution in [3.8, 4) is 0 Å². The van der Waals surface area contributed by atoms with E-state index in [0.717, 1.165) is 6.42 Å². The van der Waals surface area contributed by atoms with Gasteiger partial charge in [-0.3, -0.25) is 4.79 Å². The Morgan fingerprint density at radius 2 is 1.85 bits per heavy atom. The fourth-order valence-corrected chi connectivity index (χ4v) is 2.98. The second-order valence-corrected chi connectivity index (χ2v) is 6.16. The number of carbonyl (C=O) groups excluding carboxylic acids is 1. The second kappa shape index (κ2) is 7.49. The van der Waals surface area contributed by atoms with Crippen LogP contribution in [0.15, 0.2) is 71.6 Å². The number of nitrogens with zero attached hydrogens (tertiary/aromatic N) is 1. The van der Waals surface area contributed by atoms with Crippen LogP contribution in [0, 0.1) is 5.82 Å². The summed E-state index contributed by atoms with van der Waals surface area (Å²) >= 11 is 0. The van der Waals surface area contributed by atoms with Gasteiger partial charge >= 0.3 is 5.97 Å². The highest BCUT2D eigenvalue weighted by atomic mass is 19.1. The van der Waals surface area contributed by atoms with Crippen molar-refractivity contribution in [3.63, 3.8) is 0 Å². The number of carboxylic acid groups (broad SMARTS) is 1. The summed E-state index contributed by atoms with van der Waals surface area (Å²) in [5, 5.41) is 20.0. The van der Waals surface area contributed by atoms with Gasteiger partial charge in [0.2, 0.25) is 0 Å². The van der Waals surface area contributed by atoms with Crippen molar-refractivity contribution in [2.45, 2.75) is 18.9 Å². The zero-order valence-electron chi connectivity index (χ0n) is 13.9. The van der Waals surface area contributed by atoms with Crippen molar-refractivity contribution in [1.29, 1.82) is 0 Å². The molecule has 2 aliphatic rings. The number of hydrogen-bond donors (Lipinski definition) is 2. The highest BCUT2D eigenvalue weighted by molar-refractivity contribution is 6.07. The second-order valence-electron chi connectivity index (χ2n) is 6.16. The van der Waals surface area contributed by atoms with Crippen molar-refractivity contribution >= 4 is 11.8 Å². The molecule has 1 atom stereocenters. The lowest BCUT2D eigenvalue weighted by Crippen LogP contribution is -2.34. The van der Waals surface area contributed by atoms with Gasteiger partial charge in [-0.1, -0.05) is 24.3 Å². The molecule has 1 aliphatic carbocycles. The van der Waals surface area contributed by atoms with E-state index in [-0.39, 0.29) is 29.7 Å². The Hall–Kier alpha value is -2.99. The fourth-order valence-electron chi connectivity index (χ4n) is 2.98. The van der Waals surface area contributed by atoms with Gasteiger partial charge in [0.15, 0.2) is 5.78 Å². The predicted molar refractivity (Wildman–Crippen MR) is 93.5 cm³/mol. The highest BCUT2D eigenvalue weighted by Gasteiger charge is 2.32. The maximum atomic E-state index is 13.0. The molecule has 5 nitrogen and oxygen atoms in total. The number of aliphatic carboxylic acids is 1. The molecule has 0 aromatic heterocycles. The molecular weight excluding hydrogens is 337 g/mol. The number of carboxylic acids is 1. The van der Waals surface area contributed by atoms with Gasteiger partial charge in [-0.2, -0.15) is 0 Å². The predicted octanol–water partition coefficient (Wildman–Crippen LogP) is 2.35. The summed E-state index contributed by atoms with van der Waals surface area (Å²) in [5.74, 6) is -2.14. The van der Waals surface area contributed by atoms with E-state index in [1.807, 2.05) is 12.2 Å². The Morgan fingerprint density at radius 3 is 2.46 bits per heavy atom. The normalized spacial score (nSPS) is 19.8. The van der Waals surface area contributed by atoms with Crippen molar-refractivity contribution in [2.24, 2.45) is 0 Å². The molecule has 3 rings (SSSR count). The number of benzene rings is 1. The first-order valence-corrected chi connectivity index (χ1v) is 8.18. The van der Waals surface area contributed by atoms with Crippen molar-refractivity contribution < 1.29 is 24.2 Å². The van der Waals surface area contributed by atoms with E-state index in [1.54, 1.807) is 17.3 Å². The molecule has 0 bridgehead atoms. The fraction of sp³-hybridized carbons (Fsp3) is 0.200. The van der Waals surface area contributed by atoms with E-state index in [1.165, 1.54) is 30.3 Å². The van der Waals surface area contributed by atoms with E-state index < -0.39 is 23.7 Å². The van der Waals surface area contributed by atoms with E-state index in [0.29, 0.717) is 5.56 Å². The third-order valence-electron chi connectivity index (χ3n) is 4.32. The number of aliphatic hydroxyl groups excluding tert-OH is 1. The molecule has 1 unspecified atom stereocenters. The Kier molecular flexibility index (Phi) is 5.14. The van der Waals surface area contributed by atoms with Crippen LogP contribution in [0.1, 0.15) is 12.0 Å². The van der Waals surface area contributed by atoms with Crippen molar-refractivity contribution in [3.05, 3.63) is 83.0 Å². The average molecular weight is 355 g/mol. The number of aliphatic hydroxyl groups is 1. The van der Waals surface area contributed by atoms with Crippen LogP contribution >= 0.6 is 0 Å². The van der Waals surface area contributed by atoms with Gasteiger partial charge in [-0.25, -0.2) is 9.18 Å². The molecule has 0 radical (unpaired) electrons. The number of ketones is 1. The van der Waals surface area contributed by atoms with Crippen LogP contribution in [0.25, 0.3) is 0 Å². The number of carbonyl (C=O) groups is 2. The third-order valence-corrected chi connectivity index (χ3v) is 4.32. The highest BCUT2D eigenvalue weighted by Crippen LogP contribution is 2.26. The quantitative estimate of drug-likeness (QED) is 0.848. The van der Waals surface area contributed by atoms with E-state index in [4.69, 9.17) is 0 Å². The van der Waals surface area contributed by atoms with E-state index in [2.05, 4.69) is 0 Å². The number of rotatable bonds is 5. The Labute approximate surface area is 150 Å². The zero-order chi connectivity index (χ0) is 18.7. The molecule has 6 heteroatoms. The molecule has 26 heavy (non-hydrogen) atoms. The van der Waals surface area contributed by atoms with Gasteiger partial charge in [-0.05, 0) is 42.2 Å². The first-order valence-electron chi connectivity index (χ1n) is 8.18. The minimum Gasteiger partial charge on any atom is -0.478 e. The standard InChI is InChI=1S/C20H18FNO4/c21-15-6-4-13(5-7-15)10-16-17(20(25)26)11-14(18(23)19(16)24)12-22-8-2-1-3-9-22/h2-9,11,19,24H,1,10,12H2,(H,25,26). The topological polar surface area (TPSA) is 77.8 Å². The Morgan fingerprint density at radius 1 is 1.19 bits per heavy atom. The average Bonchev–Trinajstić information content (AvgIpc) is 2.63. The monoisotopic (exact) mass is 355 g/mol. The lowest BCUT2D eigenvalue weighted by atomic mass is 9.85. The maximum Gasteiger partial charge on any atom is 0.335 e. The smallest absolute Gasteiger partial charge is 0.335 e. The SMILES string of the molecule is O=C(O)C1=C(Cc2ccc(F)cc2)C(O)C(=O)C(CN2C=CCC=C2)=C1. The maximum absolute atomic E-state index is 13.0. The number of Topliss-reactive ketones (excluding diaryl/α,β-unsaturated/α-hetero) is 1. The zero-order valence-corrected chi connectivity index (χ0v) is 13.9. The summed E-state index contributed by atoms with van der Waals surface area (Å²) in [7, 11) is 0. The molecule has 2 N–H and O–H groups in total. The van der Waals surface area contributed by atoms with Gasteiger partial charge in [0, 0.05) is 18.0 Å². The molecule has 134 valence electrons. The van der Waals surface area contributed by atoms with Crippen molar-refractivity contribution in [1.82, 2.24) is 4.90 Å². The largest absolute Gasteiger partial charge is 0.478 e. The summed E-state index contributed by atoms with van der Waals surface area (Å²) in [6, 6.07) is 5.51. The van der Waals surface area contributed by atoms with Gasteiger partial charge < -0.3 is 15.1 Å². The van der Waals surface area contributed by atoms with Crippen molar-refractivity contribution in [2.75, 3.05) is 6.54 Å². The molecule has 0 amide bonds. The minimum atomic E-state index is -1.52. The van der Waals surface area contributed by atoms with Crippen LogP contribution in [0.3, 0.4) is 0 Å². The third kappa shape index (κ3) is 3.81. The molecule has 0 saturated heterocycles. The molecule has 1 aromatic rings. The number of hydrogen-bond acceptors (Lipinski definition) is 4. The Balaban J connectivity index is 1.93. The van der Waals surface area contributed by atoms with Gasteiger partial charge in [0.05, 0.1) is 12.1 Å². The summed E-state index contributed by atoms with van der Waals surface area (Å²) in [4.78, 5) is 26.0. The van der Waals surface area contributed by atoms with Crippen LogP contribution in [0.4, 0.5) is 4.39 Å². The van der Waals surface area contributed by atoms with E-state index >= 15 is 0 Å². The van der Waals surface area contributed by atoms with Crippen LogP contribution < -0.4 is 0 Å². The lowest BCUT2D eigenvalue weighted by Gasteiger charge is -2.26. The first kappa shape index (κ1) is 17.8. The summed E-state index contributed by atoms with van der Waals surface area (Å²) in [6.07, 6.45) is 8.10. The first-order chi connectivity index (χ1) is 12.5. The van der Waals surface area contributed by atoms with Gasteiger partial charge in [-0.15, -0.1) is 0 Å². The van der Waals surface area contributed by atoms with Gasteiger partial charge in [0.25, 0.3) is 0 Å². The Bertz CT molecular complexity index is 837. The molecule has 0 spiro atoms. The van der Waals surface area contributed by atoms with E-state index in [9.17, 15) is 24.2 Å². The number of halogens is 1. The van der Waals surface area contributed by atoms with Crippen LogP contribution in [0.5, 0.6) is 0 Å². The van der Waals surface area contributed by atoms with Crippen LogP contribution in [0.2, 0.25) is 0 Å². The molecule has 1 heterocycles. The number of allylic oxidation sites excluding steroid dienone is 2. The summed E-state index contributed by atoms with van der Waals surface area (Å²) in [6.45, 7) is 0.184. The summed E-state index contributed by atoms with van der Waals surface area (Å²) in [5.41, 5.74) is 0.865.